The van der Waals surface area contributed by atoms with Crippen LogP contribution in [0.15, 0.2) is 22.9 Å². The Hall–Kier alpha value is -2.21. The molecule has 1 N–H and O–H groups in total. The topological polar surface area (TPSA) is 75.4 Å². The molecular formula is C16H17N3O3. The van der Waals surface area contributed by atoms with Crippen molar-refractivity contribution in [1.82, 2.24) is 15.2 Å². The molecular weight excluding hydrogens is 282 g/mol. The number of furan rings is 1. The van der Waals surface area contributed by atoms with Gasteiger partial charge in [0.2, 0.25) is 0 Å². The molecule has 3 saturated heterocycles. The molecule has 3 aliphatic rings. The molecule has 0 aromatic carbocycles. The summed E-state index contributed by atoms with van der Waals surface area (Å²) in [6.45, 7) is 3.20. The summed E-state index contributed by atoms with van der Waals surface area (Å²) >= 11 is 0. The third kappa shape index (κ3) is 2.20. The van der Waals surface area contributed by atoms with Crippen LogP contribution in [0.4, 0.5) is 0 Å². The van der Waals surface area contributed by atoms with Gasteiger partial charge in [-0.1, -0.05) is 0 Å². The Labute approximate surface area is 127 Å². The van der Waals surface area contributed by atoms with E-state index >= 15 is 0 Å². The third-order valence-corrected chi connectivity index (χ3v) is 4.82. The van der Waals surface area contributed by atoms with Crippen LogP contribution in [0.5, 0.6) is 0 Å². The minimum absolute atomic E-state index is 0.182. The molecule has 0 spiro atoms. The van der Waals surface area contributed by atoms with E-state index in [-0.39, 0.29) is 11.9 Å². The predicted molar refractivity (Wildman–Crippen MR) is 79.8 cm³/mol. The Kier molecular flexibility index (Phi) is 3.18. The highest BCUT2D eigenvalue weighted by atomic mass is 16.3. The summed E-state index contributed by atoms with van der Waals surface area (Å²) in [5.74, 6) is 0.385. The SMILES string of the molecule is O=Cc1coc2cnc(C(=O)N[C@H]3CN4CCC3CC4)cc12. The van der Waals surface area contributed by atoms with Gasteiger partial charge in [0.1, 0.15) is 12.0 Å². The Bertz CT molecular complexity index is 731. The highest BCUT2D eigenvalue weighted by molar-refractivity contribution is 6.00. The molecule has 2 bridgehead atoms. The maximum atomic E-state index is 12.4. The number of fused-ring (bicyclic) bond motifs is 4. The highest BCUT2D eigenvalue weighted by Gasteiger charge is 2.35. The minimum atomic E-state index is -0.182. The van der Waals surface area contributed by atoms with Crippen molar-refractivity contribution in [3.8, 4) is 0 Å². The smallest absolute Gasteiger partial charge is 0.270 e. The van der Waals surface area contributed by atoms with E-state index in [0.717, 1.165) is 38.8 Å². The zero-order chi connectivity index (χ0) is 15.1. The lowest BCUT2D eigenvalue weighted by Gasteiger charge is -2.44. The largest absolute Gasteiger partial charge is 0.462 e. The summed E-state index contributed by atoms with van der Waals surface area (Å²) in [4.78, 5) is 30.0. The lowest BCUT2D eigenvalue weighted by atomic mass is 9.84. The second-order valence-electron chi connectivity index (χ2n) is 6.09. The molecule has 6 nitrogen and oxygen atoms in total. The number of carbonyl (C=O) groups is 2. The number of pyridine rings is 1. The molecule has 5 heterocycles. The molecule has 3 aliphatic heterocycles. The van der Waals surface area contributed by atoms with Crippen LogP contribution in [-0.2, 0) is 0 Å². The van der Waals surface area contributed by atoms with Gasteiger partial charge in [-0.25, -0.2) is 4.98 Å². The zero-order valence-corrected chi connectivity index (χ0v) is 12.1. The molecule has 0 unspecified atom stereocenters. The second-order valence-corrected chi connectivity index (χ2v) is 6.09. The number of carbonyl (C=O) groups excluding carboxylic acids is 2. The van der Waals surface area contributed by atoms with E-state index in [1.165, 1.54) is 12.5 Å². The van der Waals surface area contributed by atoms with E-state index in [9.17, 15) is 9.59 Å². The molecule has 6 heteroatoms. The predicted octanol–water partition coefficient (Wildman–Crippen LogP) is 1.46. The van der Waals surface area contributed by atoms with Crippen LogP contribution in [0.3, 0.4) is 0 Å². The summed E-state index contributed by atoms with van der Waals surface area (Å²) in [5, 5.41) is 3.73. The number of aromatic nitrogens is 1. The van der Waals surface area contributed by atoms with Gasteiger partial charge in [-0.05, 0) is 37.9 Å². The van der Waals surface area contributed by atoms with Crippen molar-refractivity contribution in [2.24, 2.45) is 5.92 Å². The highest BCUT2D eigenvalue weighted by Crippen LogP contribution is 2.27. The van der Waals surface area contributed by atoms with Crippen molar-refractivity contribution >= 4 is 23.2 Å². The molecule has 0 aliphatic carbocycles. The van der Waals surface area contributed by atoms with Crippen LogP contribution in [0.25, 0.3) is 11.0 Å². The average molecular weight is 299 g/mol. The minimum Gasteiger partial charge on any atom is -0.462 e. The first-order valence-corrected chi connectivity index (χ1v) is 7.60. The van der Waals surface area contributed by atoms with Crippen molar-refractivity contribution in [2.45, 2.75) is 18.9 Å². The van der Waals surface area contributed by atoms with E-state index < -0.39 is 0 Å². The van der Waals surface area contributed by atoms with Gasteiger partial charge < -0.3 is 14.6 Å². The van der Waals surface area contributed by atoms with Crippen LogP contribution in [0.1, 0.15) is 33.7 Å². The number of hydrogen-bond acceptors (Lipinski definition) is 5. The van der Waals surface area contributed by atoms with E-state index in [2.05, 4.69) is 15.2 Å². The first-order chi connectivity index (χ1) is 10.7. The average Bonchev–Trinajstić information content (AvgIpc) is 2.98. The quantitative estimate of drug-likeness (QED) is 0.869. The Balaban J connectivity index is 1.56. The number of rotatable bonds is 3. The molecule has 0 saturated carbocycles. The van der Waals surface area contributed by atoms with Crippen LogP contribution in [0.2, 0.25) is 0 Å². The molecule has 114 valence electrons. The van der Waals surface area contributed by atoms with Crippen molar-refractivity contribution in [1.29, 1.82) is 0 Å². The number of nitrogens with zero attached hydrogens (tertiary/aromatic N) is 2. The zero-order valence-electron chi connectivity index (χ0n) is 12.1. The van der Waals surface area contributed by atoms with Gasteiger partial charge in [0.25, 0.3) is 5.91 Å². The molecule has 3 fully saturated rings. The Morgan fingerprint density at radius 1 is 1.41 bits per heavy atom. The second kappa shape index (κ2) is 5.21. The molecule has 22 heavy (non-hydrogen) atoms. The Morgan fingerprint density at radius 2 is 2.23 bits per heavy atom. The maximum Gasteiger partial charge on any atom is 0.270 e. The van der Waals surface area contributed by atoms with Crippen molar-refractivity contribution in [3.63, 3.8) is 0 Å². The maximum absolute atomic E-state index is 12.4. The molecule has 5 rings (SSSR count). The molecule has 0 radical (unpaired) electrons. The van der Waals surface area contributed by atoms with E-state index in [4.69, 9.17) is 4.42 Å². The fraction of sp³-hybridized carbons (Fsp3) is 0.438. The first-order valence-electron chi connectivity index (χ1n) is 7.60. The molecule has 2 aromatic heterocycles. The van der Waals surface area contributed by atoms with E-state index in [1.54, 1.807) is 6.07 Å². The van der Waals surface area contributed by atoms with Gasteiger partial charge >= 0.3 is 0 Å². The summed E-state index contributed by atoms with van der Waals surface area (Å²) in [5.41, 5.74) is 1.28. The summed E-state index contributed by atoms with van der Waals surface area (Å²) < 4.78 is 5.23. The van der Waals surface area contributed by atoms with Crippen molar-refractivity contribution < 1.29 is 14.0 Å². The van der Waals surface area contributed by atoms with Gasteiger partial charge in [0.05, 0.1) is 11.8 Å². The third-order valence-electron chi connectivity index (χ3n) is 4.82. The van der Waals surface area contributed by atoms with Crippen LogP contribution in [0, 0.1) is 5.92 Å². The fourth-order valence-electron chi connectivity index (χ4n) is 3.54. The van der Waals surface area contributed by atoms with Gasteiger partial charge in [-0.3, -0.25) is 9.59 Å². The van der Waals surface area contributed by atoms with E-state index in [1.807, 2.05) is 0 Å². The van der Waals surface area contributed by atoms with Gasteiger partial charge in [0, 0.05) is 18.0 Å². The van der Waals surface area contributed by atoms with Crippen molar-refractivity contribution in [2.75, 3.05) is 19.6 Å². The number of aldehydes is 1. The lowest BCUT2D eigenvalue weighted by molar-refractivity contribution is 0.0618. The monoisotopic (exact) mass is 299 g/mol. The molecule has 1 amide bonds. The summed E-state index contributed by atoms with van der Waals surface area (Å²) in [6.07, 6.45) is 5.89. The van der Waals surface area contributed by atoms with Crippen LogP contribution in [-0.4, -0.2) is 47.8 Å². The van der Waals surface area contributed by atoms with E-state index in [0.29, 0.717) is 28.1 Å². The standard InChI is InChI=1S/C16H17N3O3/c20-8-11-9-22-15-6-17-13(5-12(11)15)16(21)18-14-7-19-3-1-10(14)2-4-19/h5-6,8-10,14H,1-4,7H2,(H,18,21)/t14-/m0/s1. The molecule has 1 atom stereocenters. The van der Waals surface area contributed by atoms with Crippen molar-refractivity contribution in [3.05, 3.63) is 29.8 Å². The number of amides is 1. The summed E-state index contributed by atoms with van der Waals surface area (Å²) in [6, 6.07) is 1.82. The van der Waals surface area contributed by atoms with Gasteiger partial charge in [-0.15, -0.1) is 0 Å². The summed E-state index contributed by atoms with van der Waals surface area (Å²) in [7, 11) is 0. The molecule has 2 aromatic rings. The lowest BCUT2D eigenvalue weighted by Crippen LogP contribution is -2.57. The fourth-order valence-corrected chi connectivity index (χ4v) is 3.54. The number of hydrogen-bond donors (Lipinski definition) is 1. The Morgan fingerprint density at radius 3 is 2.91 bits per heavy atom. The van der Waals surface area contributed by atoms with Gasteiger partial charge in [0.15, 0.2) is 11.9 Å². The first kappa shape index (κ1) is 13.5. The number of piperidine rings is 3. The van der Waals surface area contributed by atoms with Gasteiger partial charge in [-0.2, -0.15) is 0 Å². The van der Waals surface area contributed by atoms with Crippen LogP contribution >= 0.6 is 0 Å². The normalized spacial score (nSPS) is 27.0. The van der Waals surface area contributed by atoms with Crippen LogP contribution < -0.4 is 5.32 Å². The number of nitrogens with one attached hydrogen (secondary N) is 1.